The number of piperazine rings is 1. The SMILES string of the molecule is O=S(=O)(c1ccc(CN2CCN(c3ccccc3Cl)CC2)cc1)C(F)F. The summed E-state index contributed by atoms with van der Waals surface area (Å²) in [6, 6.07) is 13.4. The molecule has 1 saturated heterocycles. The van der Waals surface area contributed by atoms with E-state index >= 15 is 0 Å². The van der Waals surface area contributed by atoms with Crippen LogP contribution in [0.5, 0.6) is 0 Å². The standard InChI is InChI=1S/C18H19ClF2N2O2S/c19-16-3-1-2-4-17(16)23-11-9-22(10-12-23)13-14-5-7-15(8-6-14)26(24,25)18(20)21/h1-8,18H,9-13H2. The van der Waals surface area contributed by atoms with E-state index in [0.717, 1.165) is 42.5 Å². The van der Waals surface area contributed by atoms with Gasteiger partial charge in [0.2, 0.25) is 9.84 Å². The first-order chi connectivity index (χ1) is 12.4. The molecule has 8 heteroatoms. The van der Waals surface area contributed by atoms with Crippen molar-refractivity contribution >= 4 is 27.1 Å². The van der Waals surface area contributed by atoms with Gasteiger partial charge in [-0.1, -0.05) is 35.9 Å². The molecule has 3 rings (SSSR count). The zero-order valence-corrected chi connectivity index (χ0v) is 15.6. The third kappa shape index (κ3) is 4.16. The second kappa shape index (κ2) is 7.90. The number of halogens is 3. The molecule has 0 radical (unpaired) electrons. The van der Waals surface area contributed by atoms with Crippen LogP contribution in [0.3, 0.4) is 0 Å². The van der Waals surface area contributed by atoms with Gasteiger partial charge in [-0.25, -0.2) is 8.42 Å². The molecule has 0 aliphatic carbocycles. The van der Waals surface area contributed by atoms with Crippen molar-refractivity contribution in [2.75, 3.05) is 31.1 Å². The smallest absolute Gasteiger partial charge is 0.341 e. The van der Waals surface area contributed by atoms with E-state index < -0.39 is 15.6 Å². The molecule has 2 aromatic rings. The second-order valence-electron chi connectivity index (χ2n) is 6.16. The van der Waals surface area contributed by atoms with E-state index in [4.69, 9.17) is 11.6 Å². The highest BCUT2D eigenvalue weighted by atomic mass is 35.5. The Balaban J connectivity index is 1.59. The van der Waals surface area contributed by atoms with Gasteiger partial charge >= 0.3 is 5.76 Å². The van der Waals surface area contributed by atoms with E-state index in [1.54, 1.807) is 12.1 Å². The fourth-order valence-electron chi connectivity index (χ4n) is 3.00. The number of sulfone groups is 1. The van der Waals surface area contributed by atoms with Crippen LogP contribution in [0.4, 0.5) is 14.5 Å². The van der Waals surface area contributed by atoms with Crippen LogP contribution in [0, 0.1) is 0 Å². The summed E-state index contributed by atoms with van der Waals surface area (Å²) in [7, 11) is -4.53. The molecule has 0 N–H and O–H groups in total. The van der Waals surface area contributed by atoms with Gasteiger partial charge in [-0.15, -0.1) is 0 Å². The second-order valence-corrected chi connectivity index (χ2v) is 8.49. The lowest BCUT2D eigenvalue weighted by molar-refractivity contribution is 0.234. The highest BCUT2D eigenvalue weighted by molar-refractivity contribution is 7.91. The van der Waals surface area contributed by atoms with Gasteiger partial charge in [-0.3, -0.25) is 4.90 Å². The first-order valence-electron chi connectivity index (χ1n) is 8.21. The van der Waals surface area contributed by atoms with E-state index in [2.05, 4.69) is 9.80 Å². The van der Waals surface area contributed by atoms with Gasteiger partial charge in [0.15, 0.2) is 0 Å². The van der Waals surface area contributed by atoms with Crippen LogP contribution < -0.4 is 4.90 Å². The zero-order chi connectivity index (χ0) is 18.7. The van der Waals surface area contributed by atoms with Gasteiger partial charge in [-0.05, 0) is 29.8 Å². The number of hydrogen-bond donors (Lipinski definition) is 0. The van der Waals surface area contributed by atoms with E-state index in [1.165, 1.54) is 12.1 Å². The van der Waals surface area contributed by atoms with Gasteiger partial charge in [-0.2, -0.15) is 8.78 Å². The Morgan fingerprint density at radius 2 is 1.58 bits per heavy atom. The van der Waals surface area contributed by atoms with E-state index in [1.807, 2.05) is 24.3 Å². The molecule has 2 aromatic carbocycles. The maximum Gasteiger partial charge on any atom is 0.341 e. The molecule has 1 heterocycles. The molecule has 0 atom stereocenters. The molecule has 0 saturated carbocycles. The predicted molar refractivity (Wildman–Crippen MR) is 98.6 cm³/mol. The van der Waals surface area contributed by atoms with Crippen LogP contribution >= 0.6 is 11.6 Å². The van der Waals surface area contributed by atoms with Gasteiger partial charge in [0, 0.05) is 32.7 Å². The summed E-state index contributed by atoms with van der Waals surface area (Å²) in [5.41, 5.74) is 1.92. The average Bonchev–Trinajstić information content (AvgIpc) is 2.63. The lowest BCUT2D eigenvalue weighted by atomic mass is 10.2. The van der Waals surface area contributed by atoms with Crippen LogP contribution in [-0.4, -0.2) is 45.3 Å². The van der Waals surface area contributed by atoms with Crippen LogP contribution in [0.1, 0.15) is 5.56 Å². The van der Waals surface area contributed by atoms with Gasteiger partial charge in [0.25, 0.3) is 0 Å². The van der Waals surface area contributed by atoms with Gasteiger partial charge in [0.05, 0.1) is 15.6 Å². The maximum absolute atomic E-state index is 12.6. The van der Waals surface area contributed by atoms with Crippen LogP contribution in [0.15, 0.2) is 53.4 Å². The molecule has 140 valence electrons. The molecule has 0 unspecified atom stereocenters. The van der Waals surface area contributed by atoms with Crippen LogP contribution in [0.25, 0.3) is 0 Å². The lowest BCUT2D eigenvalue weighted by Crippen LogP contribution is -2.46. The topological polar surface area (TPSA) is 40.6 Å². The molecule has 0 aromatic heterocycles. The summed E-state index contributed by atoms with van der Waals surface area (Å²) in [6.07, 6.45) is 0. The van der Waals surface area contributed by atoms with Crippen molar-refractivity contribution in [1.82, 2.24) is 4.90 Å². The first-order valence-corrected chi connectivity index (χ1v) is 10.1. The third-order valence-corrected chi connectivity index (χ3v) is 6.18. The van der Waals surface area contributed by atoms with Crippen LogP contribution in [-0.2, 0) is 16.4 Å². The Kier molecular flexibility index (Phi) is 5.79. The van der Waals surface area contributed by atoms with Crippen molar-refractivity contribution in [2.45, 2.75) is 17.2 Å². The minimum atomic E-state index is -4.53. The van der Waals surface area contributed by atoms with E-state index in [9.17, 15) is 17.2 Å². The lowest BCUT2D eigenvalue weighted by Gasteiger charge is -2.36. The molecule has 1 aliphatic rings. The number of hydrogen-bond acceptors (Lipinski definition) is 4. The fourth-order valence-corrected chi connectivity index (χ4v) is 3.98. The first kappa shape index (κ1) is 19.1. The fraction of sp³-hybridized carbons (Fsp3) is 0.333. The molecule has 1 aliphatic heterocycles. The quantitative estimate of drug-likeness (QED) is 0.768. The number of para-hydroxylation sites is 1. The molecule has 0 spiro atoms. The largest absolute Gasteiger partial charge is 0.368 e. The normalized spacial score (nSPS) is 16.2. The number of alkyl halides is 2. The summed E-state index contributed by atoms with van der Waals surface area (Å²) in [6.45, 7) is 3.99. The molecule has 0 amide bonds. The number of anilines is 1. The van der Waals surface area contributed by atoms with Crippen molar-refractivity contribution in [1.29, 1.82) is 0 Å². The molecule has 1 fully saturated rings. The Morgan fingerprint density at radius 1 is 0.962 bits per heavy atom. The number of nitrogens with zero attached hydrogens (tertiary/aromatic N) is 2. The van der Waals surface area contributed by atoms with Crippen molar-refractivity contribution in [3.8, 4) is 0 Å². The maximum atomic E-state index is 12.6. The Hall–Kier alpha value is -1.70. The van der Waals surface area contributed by atoms with Crippen molar-refractivity contribution in [3.63, 3.8) is 0 Å². The molecular weight excluding hydrogens is 382 g/mol. The Morgan fingerprint density at radius 3 is 2.15 bits per heavy atom. The summed E-state index contributed by atoms with van der Waals surface area (Å²) < 4.78 is 48.0. The minimum Gasteiger partial charge on any atom is -0.368 e. The summed E-state index contributed by atoms with van der Waals surface area (Å²) >= 11 is 6.24. The molecular formula is C18H19ClF2N2O2S. The molecule has 0 bridgehead atoms. The van der Waals surface area contributed by atoms with Gasteiger partial charge in [0.1, 0.15) is 0 Å². The van der Waals surface area contributed by atoms with E-state index in [-0.39, 0.29) is 4.90 Å². The van der Waals surface area contributed by atoms with E-state index in [0.29, 0.717) is 6.54 Å². The number of benzene rings is 2. The van der Waals surface area contributed by atoms with Crippen molar-refractivity contribution < 1.29 is 17.2 Å². The zero-order valence-electron chi connectivity index (χ0n) is 14.0. The van der Waals surface area contributed by atoms with Crippen molar-refractivity contribution in [3.05, 3.63) is 59.1 Å². The van der Waals surface area contributed by atoms with Gasteiger partial charge < -0.3 is 4.90 Å². The monoisotopic (exact) mass is 400 g/mol. The summed E-state index contributed by atoms with van der Waals surface area (Å²) in [5, 5.41) is 0.733. The highest BCUT2D eigenvalue weighted by Gasteiger charge is 2.26. The summed E-state index contributed by atoms with van der Waals surface area (Å²) in [5.74, 6) is -3.40. The summed E-state index contributed by atoms with van der Waals surface area (Å²) in [4.78, 5) is 4.13. The molecule has 4 nitrogen and oxygen atoms in total. The average molecular weight is 401 g/mol. The Labute approximate surface area is 156 Å². The van der Waals surface area contributed by atoms with Crippen LogP contribution in [0.2, 0.25) is 5.02 Å². The Bertz CT molecular complexity index is 852. The predicted octanol–water partition coefficient (Wildman–Crippen LogP) is 3.66. The van der Waals surface area contributed by atoms with Crippen molar-refractivity contribution in [2.24, 2.45) is 0 Å². The highest BCUT2D eigenvalue weighted by Crippen LogP contribution is 2.26. The molecule has 26 heavy (non-hydrogen) atoms. The third-order valence-electron chi connectivity index (χ3n) is 4.46. The minimum absolute atomic E-state index is 0.347. The number of rotatable bonds is 5.